The van der Waals surface area contributed by atoms with Crippen LogP contribution >= 0.6 is 0 Å². The van der Waals surface area contributed by atoms with Gasteiger partial charge in [-0.2, -0.15) is 0 Å². The van der Waals surface area contributed by atoms with Crippen LogP contribution in [0.3, 0.4) is 0 Å². The minimum Gasteiger partial charge on any atom is -0.327 e. The number of nitrogens with two attached hydrogens (primary N) is 1. The molecule has 3 unspecified atom stereocenters. The first-order chi connectivity index (χ1) is 9.77. The van der Waals surface area contributed by atoms with Crippen LogP contribution in [0.4, 0.5) is 0 Å². The van der Waals surface area contributed by atoms with Crippen molar-refractivity contribution in [2.75, 3.05) is 0 Å². The zero-order valence-corrected chi connectivity index (χ0v) is 14.2. The summed E-state index contributed by atoms with van der Waals surface area (Å²) in [6.07, 6.45) is 19.7. The highest BCUT2D eigenvalue weighted by Crippen LogP contribution is 2.34. The topological polar surface area (TPSA) is 26.0 Å². The molecule has 3 atom stereocenters. The predicted octanol–water partition coefficient (Wildman–Crippen LogP) is 6.06. The van der Waals surface area contributed by atoms with Crippen LogP contribution in [0.1, 0.15) is 104 Å². The van der Waals surface area contributed by atoms with E-state index in [9.17, 15) is 0 Å². The van der Waals surface area contributed by atoms with Gasteiger partial charge in [0, 0.05) is 6.04 Å². The molecule has 0 aromatic rings. The second kappa shape index (κ2) is 11.6. The van der Waals surface area contributed by atoms with Crippen molar-refractivity contribution in [2.24, 2.45) is 17.6 Å². The van der Waals surface area contributed by atoms with Crippen molar-refractivity contribution < 1.29 is 0 Å². The van der Waals surface area contributed by atoms with Crippen molar-refractivity contribution in [1.82, 2.24) is 0 Å². The average Bonchev–Trinajstić information content (AvgIpc) is 2.45. The second-order valence-corrected chi connectivity index (χ2v) is 7.16. The van der Waals surface area contributed by atoms with Crippen molar-refractivity contribution in [3.05, 3.63) is 0 Å². The fraction of sp³-hybridized carbons (Fsp3) is 1.00. The molecule has 0 aliphatic heterocycles. The van der Waals surface area contributed by atoms with E-state index in [1.165, 1.54) is 89.9 Å². The summed E-state index contributed by atoms with van der Waals surface area (Å²) in [6.45, 7) is 4.61. The lowest BCUT2D eigenvalue weighted by Gasteiger charge is -2.34. The highest BCUT2D eigenvalue weighted by Gasteiger charge is 2.26. The first kappa shape index (κ1) is 18.0. The maximum Gasteiger partial charge on any atom is 0.00673 e. The molecular weight excluding hydrogens is 242 g/mol. The largest absolute Gasteiger partial charge is 0.327 e. The molecule has 0 aromatic carbocycles. The maximum atomic E-state index is 6.33. The van der Waals surface area contributed by atoms with Gasteiger partial charge < -0.3 is 5.73 Å². The van der Waals surface area contributed by atoms with Crippen molar-refractivity contribution in [2.45, 2.75) is 110 Å². The van der Waals surface area contributed by atoms with Crippen molar-refractivity contribution >= 4 is 0 Å². The molecule has 1 aliphatic rings. The highest BCUT2D eigenvalue weighted by atomic mass is 14.7. The molecule has 0 spiro atoms. The lowest BCUT2D eigenvalue weighted by atomic mass is 9.74. The van der Waals surface area contributed by atoms with Gasteiger partial charge in [0.25, 0.3) is 0 Å². The van der Waals surface area contributed by atoms with Gasteiger partial charge in [-0.3, -0.25) is 0 Å². The molecule has 0 heterocycles. The summed E-state index contributed by atoms with van der Waals surface area (Å²) in [5, 5.41) is 0. The molecule has 0 bridgehead atoms. The van der Waals surface area contributed by atoms with E-state index in [1.807, 2.05) is 0 Å². The molecule has 0 amide bonds. The van der Waals surface area contributed by atoms with Crippen molar-refractivity contribution in [3.8, 4) is 0 Å². The monoisotopic (exact) mass is 281 g/mol. The van der Waals surface area contributed by atoms with Gasteiger partial charge in [-0.15, -0.1) is 0 Å². The Hall–Kier alpha value is -0.0400. The highest BCUT2D eigenvalue weighted by molar-refractivity contribution is 4.82. The molecule has 2 N–H and O–H groups in total. The van der Waals surface area contributed by atoms with Gasteiger partial charge in [-0.1, -0.05) is 78.1 Å². The van der Waals surface area contributed by atoms with E-state index in [-0.39, 0.29) is 0 Å². The van der Waals surface area contributed by atoms with Gasteiger partial charge in [-0.25, -0.2) is 0 Å². The van der Waals surface area contributed by atoms with Crippen LogP contribution < -0.4 is 5.73 Å². The van der Waals surface area contributed by atoms with E-state index in [2.05, 4.69) is 13.8 Å². The summed E-state index contributed by atoms with van der Waals surface area (Å²) < 4.78 is 0. The zero-order valence-electron chi connectivity index (χ0n) is 14.2. The first-order valence-electron chi connectivity index (χ1n) is 9.53. The molecule has 20 heavy (non-hydrogen) atoms. The number of unbranched alkanes of at least 4 members (excludes halogenated alkanes) is 7. The quantitative estimate of drug-likeness (QED) is 0.458. The Morgan fingerprint density at radius 2 is 1.40 bits per heavy atom. The molecule has 1 heteroatoms. The maximum absolute atomic E-state index is 6.33. The zero-order chi connectivity index (χ0) is 14.6. The van der Waals surface area contributed by atoms with Gasteiger partial charge in [0.15, 0.2) is 0 Å². The molecular formula is C19H39N. The Labute approximate surface area is 128 Å². The molecule has 120 valence electrons. The van der Waals surface area contributed by atoms with E-state index in [1.54, 1.807) is 0 Å². The third-order valence-electron chi connectivity index (χ3n) is 5.28. The molecule has 1 rings (SSSR count). The normalized spacial score (nSPS) is 26.9. The first-order valence-corrected chi connectivity index (χ1v) is 9.53. The Morgan fingerprint density at radius 1 is 0.750 bits per heavy atom. The molecule has 1 saturated carbocycles. The molecule has 1 fully saturated rings. The minimum atomic E-state index is 0.507. The minimum absolute atomic E-state index is 0.507. The van der Waals surface area contributed by atoms with Crippen LogP contribution in [-0.2, 0) is 0 Å². The summed E-state index contributed by atoms with van der Waals surface area (Å²) in [6, 6.07) is 0.507. The average molecular weight is 282 g/mol. The summed E-state index contributed by atoms with van der Waals surface area (Å²) in [7, 11) is 0. The second-order valence-electron chi connectivity index (χ2n) is 7.16. The van der Waals surface area contributed by atoms with Gasteiger partial charge in [-0.05, 0) is 37.5 Å². The van der Waals surface area contributed by atoms with Gasteiger partial charge in [0.1, 0.15) is 0 Å². The SMILES string of the molecule is CCCCCCCCCCC1CC(CCC)CCC1N. The Bertz CT molecular complexity index is 214. The third-order valence-corrected chi connectivity index (χ3v) is 5.28. The van der Waals surface area contributed by atoms with E-state index in [0.29, 0.717) is 6.04 Å². The van der Waals surface area contributed by atoms with Crippen LogP contribution in [-0.4, -0.2) is 6.04 Å². The van der Waals surface area contributed by atoms with Crippen LogP contribution in [0.25, 0.3) is 0 Å². The number of rotatable bonds is 11. The van der Waals surface area contributed by atoms with Gasteiger partial charge in [0.05, 0.1) is 0 Å². The Balaban J connectivity index is 2.02. The molecule has 0 radical (unpaired) electrons. The van der Waals surface area contributed by atoms with Crippen molar-refractivity contribution in [3.63, 3.8) is 0 Å². The molecule has 0 aromatic heterocycles. The lowest BCUT2D eigenvalue weighted by molar-refractivity contribution is 0.208. The van der Waals surface area contributed by atoms with E-state index in [4.69, 9.17) is 5.73 Å². The smallest absolute Gasteiger partial charge is 0.00673 e. The lowest BCUT2D eigenvalue weighted by Crippen LogP contribution is -2.36. The summed E-state index contributed by atoms with van der Waals surface area (Å²) in [5.41, 5.74) is 6.33. The third kappa shape index (κ3) is 7.67. The summed E-state index contributed by atoms with van der Waals surface area (Å²) in [5.74, 6) is 1.82. The van der Waals surface area contributed by atoms with Crippen LogP contribution in [0, 0.1) is 11.8 Å². The van der Waals surface area contributed by atoms with Crippen LogP contribution in [0.15, 0.2) is 0 Å². The standard InChI is InChI=1S/C19H39N/c1-3-5-6-7-8-9-10-11-13-18-16-17(12-4-2)14-15-19(18)20/h17-19H,3-16,20H2,1-2H3. The number of hydrogen-bond donors (Lipinski definition) is 1. The molecule has 1 nitrogen and oxygen atoms in total. The van der Waals surface area contributed by atoms with Crippen molar-refractivity contribution in [1.29, 1.82) is 0 Å². The fourth-order valence-corrected chi connectivity index (χ4v) is 3.93. The fourth-order valence-electron chi connectivity index (χ4n) is 3.93. The Kier molecular flexibility index (Phi) is 10.4. The Morgan fingerprint density at radius 3 is 2.05 bits per heavy atom. The van der Waals surface area contributed by atoms with Crippen LogP contribution in [0.2, 0.25) is 0 Å². The van der Waals surface area contributed by atoms with E-state index in [0.717, 1.165) is 11.8 Å². The molecule has 1 aliphatic carbocycles. The molecule has 0 saturated heterocycles. The number of hydrogen-bond acceptors (Lipinski definition) is 1. The van der Waals surface area contributed by atoms with E-state index < -0.39 is 0 Å². The summed E-state index contributed by atoms with van der Waals surface area (Å²) in [4.78, 5) is 0. The summed E-state index contributed by atoms with van der Waals surface area (Å²) >= 11 is 0. The van der Waals surface area contributed by atoms with Gasteiger partial charge in [0.2, 0.25) is 0 Å². The van der Waals surface area contributed by atoms with Crippen LogP contribution in [0.5, 0.6) is 0 Å². The predicted molar refractivity (Wildman–Crippen MR) is 90.9 cm³/mol. The van der Waals surface area contributed by atoms with E-state index >= 15 is 0 Å². The van der Waals surface area contributed by atoms with Gasteiger partial charge >= 0.3 is 0 Å².